The fourth-order valence-corrected chi connectivity index (χ4v) is 1.57. The normalized spacial score (nSPS) is 12.1. The van der Waals surface area contributed by atoms with Crippen molar-refractivity contribution in [3.8, 4) is 0 Å². The minimum atomic E-state index is -1.08. The largest absolute Gasteiger partial charge is 0.480 e. The number of carboxylic acid groups (broad SMARTS) is 1. The predicted octanol–water partition coefficient (Wildman–Crippen LogP) is 0.997. The Morgan fingerprint density at radius 1 is 1.65 bits per heavy atom. The maximum atomic E-state index is 11.7. The number of hydrogen-bond acceptors (Lipinski definition) is 3. The Morgan fingerprint density at radius 3 is 2.82 bits per heavy atom. The van der Waals surface area contributed by atoms with Crippen LogP contribution in [-0.2, 0) is 9.53 Å². The van der Waals surface area contributed by atoms with Crippen LogP contribution in [0.4, 0.5) is 0 Å². The monoisotopic (exact) mass is 304 g/mol. The lowest BCUT2D eigenvalue weighted by atomic mass is 10.2. The first-order valence-electron chi connectivity index (χ1n) is 4.91. The first kappa shape index (κ1) is 13.7. The lowest BCUT2D eigenvalue weighted by molar-refractivity contribution is -0.139. The predicted molar refractivity (Wildman–Crippen MR) is 63.9 cm³/mol. The molecule has 94 valence electrons. The van der Waals surface area contributed by atoms with Gasteiger partial charge in [0.05, 0.1) is 0 Å². The highest BCUT2D eigenvalue weighted by atomic mass is 79.9. The van der Waals surface area contributed by atoms with Gasteiger partial charge < -0.3 is 20.1 Å². The van der Waals surface area contributed by atoms with Gasteiger partial charge in [0.15, 0.2) is 0 Å². The third-order valence-electron chi connectivity index (χ3n) is 2.11. The molecule has 6 nitrogen and oxygen atoms in total. The molecule has 1 aromatic heterocycles. The van der Waals surface area contributed by atoms with Gasteiger partial charge in [-0.3, -0.25) is 4.79 Å². The van der Waals surface area contributed by atoms with Crippen LogP contribution in [0.1, 0.15) is 16.9 Å². The van der Waals surface area contributed by atoms with Crippen molar-refractivity contribution >= 4 is 27.8 Å². The van der Waals surface area contributed by atoms with Crippen LogP contribution < -0.4 is 5.32 Å². The van der Waals surface area contributed by atoms with Gasteiger partial charge in [-0.15, -0.1) is 0 Å². The Kier molecular flexibility index (Phi) is 5.17. The number of halogens is 1. The second-order valence-electron chi connectivity index (χ2n) is 3.38. The number of H-pyrrole nitrogens is 1. The van der Waals surface area contributed by atoms with E-state index in [-0.39, 0.29) is 13.0 Å². The van der Waals surface area contributed by atoms with Crippen molar-refractivity contribution in [3.05, 3.63) is 22.4 Å². The lowest BCUT2D eigenvalue weighted by Gasteiger charge is -2.13. The Bertz CT molecular complexity index is 405. The Hall–Kier alpha value is -1.34. The van der Waals surface area contributed by atoms with E-state index in [4.69, 9.17) is 9.84 Å². The number of aromatic amines is 1. The van der Waals surface area contributed by atoms with E-state index in [0.29, 0.717) is 5.69 Å². The van der Waals surface area contributed by atoms with Gasteiger partial charge in [0.25, 0.3) is 5.91 Å². The topological polar surface area (TPSA) is 91.4 Å². The molecule has 1 heterocycles. The fraction of sp³-hybridized carbons (Fsp3) is 0.400. The number of rotatable bonds is 6. The molecule has 1 aromatic rings. The number of aliphatic carboxylic acids is 1. The minimum Gasteiger partial charge on any atom is -0.480 e. The van der Waals surface area contributed by atoms with Crippen molar-refractivity contribution in [2.45, 2.75) is 12.5 Å². The zero-order valence-corrected chi connectivity index (χ0v) is 10.8. The molecule has 0 aliphatic rings. The molecule has 0 radical (unpaired) electrons. The molecule has 17 heavy (non-hydrogen) atoms. The summed E-state index contributed by atoms with van der Waals surface area (Å²) in [7, 11) is 1.48. The second kappa shape index (κ2) is 6.41. The maximum Gasteiger partial charge on any atom is 0.326 e. The summed E-state index contributed by atoms with van der Waals surface area (Å²) in [6, 6.07) is 0.620. The zero-order chi connectivity index (χ0) is 12.8. The summed E-state index contributed by atoms with van der Waals surface area (Å²) in [5.74, 6) is -1.54. The molecule has 1 amide bonds. The summed E-state index contributed by atoms with van der Waals surface area (Å²) >= 11 is 3.19. The summed E-state index contributed by atoms with van der Waals surface area (Å²) in [5.41, 5.74) is 0.306. The van der Waals surface area contributed by atoms with Gasteiger partial charge in [0.2, 0.25) is 0 Å². The van der Waals surface area contributed by atoms with Gasteiger partial charge >= 0.3 is 5.97 Å². The van der Waals surface area contributed by atoms with E-state index in [1.807, 2.05) is 0 Å². The van der Waals surface area contributed by atoms with Crippen LogP contribution in [0.3, 0.4) is 0 Å². The molecular weight excluding hydrogens is 292 g/mol. The third kappa shape index (κ3) is 4.20. The highest BCUT2D eigenvalue weighted by molar-refractivity contribution is 9.10. The first-order valence-corrected chi connectivity index (χ1v) is 5.70. The highest BCUT2D eigenvalue weighted by Gasteiger charge is 2.20. The Morgan fingerprint density at radius 2 is 2.35 bits per heavy atom. The number of ether oxygens (including phenoxy) is 1. The van der Waals surface area contributed by atoms with Crippen LogP contribution in [0.2, 0.25) is 0 Å². The van der Waals surface area contributed by atoms with E-state index in [1.54, 1.807) is 12.3 Å². The minimum absolute atomic E-state index is 0.222. The number of amides is 1. The maximum absolute atomic E-state index is 11.7. The van der Waals surface area contributed by atoms with Crippen molar-refractivity contribution in [1.29, 1.82) is 0 Å². The number of hydrogen-bond donors (Lipinski definition) is 3. The number of aromatic nitrogens is 1. The lowest BCUT2D eigenvalue weighted by Crippen LogP contribution is -2.41. The van der Waals surface area contributed by atoms with E-state index in [9.17, 15) is 9.59 Å². The van der Waals surface area contributed by atoms with Gasteiger partial charge in [-0.25, -0.2) is 4.79 Å². The van der Waals surface area contributed by atoms with Gasteiger partial charge in [-0.2, -0.15) is 0 Å². The molecule has 1 unspecified atom stereocenters. The first-order chi connectivity index (χ1) is 8.04. The van der Waals surface area contributed by atoms with Gasteiger partial charge in [0, 0.05) is 30.8 Å². The molecule has 0 aromatic carbocycles. The van der Waals surface area contributed by atoms with Crippen LogP contribution in [0, 0.1) is 0 Å². The van der Waals surface area contributed by atoms with Crippen molar-refractivity contribution in [1.82, 2.24) is 10.3 Å². The highest BCUT2D eigenvalue weighted by Crippen LogP contribution is 2.10. The van der Waals surface area contributed by atoms with Crippen molar-refractivity contribution in [2.24, 2.45) is 0 Å². The van der Waals surface area contributed by atoms with Gasteiger partial charge in [-0.1, -0.05) is 0 Å². The Labute approximate surface area is 106 Å². The van der Waals surface area contributed by atoms with Crippen LogP contribution in [0.15, 0.2) is 16.7 Å². The molecule has 3 N–H and O–H groups in total. The number of methoxy groups -OCH3 is 1. The molecule has 0 saturated carbocycles. The average molecular weight is 305 g/mol. The summed E-state index contributed by atoms with van der Waals surface area (Å²) in [6.07, 6.45) is 1.82. The molecule has 1 atom stereocenters. The summed E-state index contributed by atoms with van der Waals surface area (Å²) in [6.45, 7) is 0.270. The number of carboxylic acids is 1. The molecule has 1 rings (SSSR count). The summed E-state index contributed by atoms with van der Waals surface area (Å²) in [4.78, 5) is 25.3. The molecule has 0 aliphatic heterocycles. The molecule has 0 bridgehead atoms. The van der Waals surface area contributed by atoms with E-state index in [1.165, 1.54) is 7.11 Å². The van der Waals surface area contributed by atoms with Crippen molar-refractivity contribution < 1.29 is 19.4 Å². The Balaban J connectivity index is 2.60. The second-order valence-corrected chi connectivity index (χ2v) is 4.29. The fourth-order valence-electron chi connectivity index (χ4n) is 1.23. The molecule has 0 aliphatic carbocycles. The summed E-state index contributed by atoms with van der Waals surface area (Å²) in [5, 5.41) is 11.3. The number of carbonyl (C=O) groups excluding carboxylic acids is 1. The smallest absolute Gasteiger partial charge is 0.326 e. The zero-order valence-electron chi connectivity index (χ0n) is 9.20. The third-order valence-corrected chi connectivity index (χ3v) is 2.56. The molecular formula is C10H13BrN2O4. The van der Waals surface area contributed by atoms with Gasteiger partial charge in [-0.05, 0) is 22.0 Å². The SMILES string of the molecule is COCCC(NC(=O)c1cc(Br)c[nH]1)C(=O)O. The standard InChI is InChI=1S/C10H13BrN2O4/c1-17-3-2-7(10(15)16)13-9(14)8-4-6(11)5-12-8/h4-5,7,12H,2-3H2,1H3,(H,13,14)(H,15,16). The van der Waals surface area contributed by atoms with Crippen LogP contribution in [0.5, 0.6) is 0 Å². The van der Waals surface area contributed by atoms with Crippen LogP contribution in [0.25, 0.3) is 0 Å². The van der Waals surface area contributed by atoms with Crippen LogP contribution >= 0.6 is 15.9 Å². The van der Waals surface area contributed by atoms with E-state index >= 15 is 0 Å². The van der Waals surface area contributed by atoms with Crippen molar-refractivity contribution in [3.63, 3.8) is 0 Å². The number of nitrogens with one attached hydrogen (secondary N) is 2. The van der Waals surface area contributed by atoms with E-state index in [2.05, 4.69) is 26.2 Å². The molecule has 0 saturated heterocycles. The van der Waals surface area contributed by atoms with E-state index in [0.717, 1.165) is 4.47 Å². The molecule has 7 heteroatoms. The molecule has 0 fully saturated rings. The molecule has 0 spiro atoms. The average Bonchev–Trinajstić information content (AvgIpc) is 2.70. The van der Waals surface area contributed by atoms with Gasteiger partial charge in [0.1, 0.15) is 11.7 Å². The summed E-state index contributed by atoms with van der Waals surface area (Å²) < 4.78 is 5.51. The van der Waals surface area contributed by atoms with E-state index < -0.39 is 17.9 Å². The number of carbonyl (C=O) groups is 2. The van der Waals surface area contributed by atoms with Crippen LogP contribution in [-0.4, -0.2) is 41.7 Å². The quantitative estimate of drug-likeness (QED) is 0.731. The van der Waals surface area contributed by atoms with Crippen molar-refractivity contribution in [2.75, 3.05) is 13.7 Å².